The van der Waals surface area contributed by atoms with E-state index in [-0.39, 0.29) is 5.95 Å². The maximum atomic E-state index is 5.57. The van der Waals surface area contributed by atoms with Gasteiger partial charge in [-0.25, -0.2) is 9.67 Å². The maximum Gasteiger partial charge on any atom is 0.222 e. The summed E-state index contributed by atoms with van der Waals surface area (Å²) in [5.41, 5.74) is 12.4. The molecule has 2 heterocycles. The summed E-state index contributed by atoms with van der Waals surface area (Å²) in [6.45, 7) is 0. The Morgan fingerprint density at radius 2 is 2.07 bits per heavy atom. The van der Waals surface area contributed by atoms with Crippen LogP contribution in [0.4, 0.5) is 11.8 Å². The first-order chi connectivity index (χ1) is 7.08. The number of anilines is 2. The smallest absolute Gasteiger partial charge is 0.222 e. The van der Waals surface area contributed by atoms with Crippen LogP contribution in [0.5, 0.6) is 0 Å². The number of hydrogen-bond donors (Lipinski definition) is 2. The molecule has 2 rings (SSSR count). The van der Waals surface area contributed by atoms with Crippen LogP contribution in [0.15, 0.2) is 10.7 Å². The third-order valence-corrected chi connectivity index (χ3v) is 2.33. The van der Waals surface area contributed by atoms with Crippen LogP contribution in [0.1, 0.15) is 0 Å². The summed E-state index contributed by atoms with van der Waals surface area (Å²) in [6.07, 6.45) is 0. The van der Waals surface area contributed by atoms with Crippen molar-refractivity contribution in [3.05, 3.63) is 10.7 Å². The number of aromatic nitrogens is 5. The summed E-state index contributed by atoms with van der Waals surface area (Å²) in [4.78, 5) is 7.84. The highest BCUT2D eigenvalue weighted by Crippen LogP contribution is 2.24. The molecule has 0 aromatic carbocycles. The van der Waals surface area contributed by atoms with E-state index >= 15 is 0 Å². The van der Waals surface area contributed by atoms with E-state index in [1.165, 1.54) is 0 Å². The molecular weight excluding hydrogens is 262 g/mol. The molecule has 78 valence electrons. The van der Waals surface area contributed by atoms with Crippen LogP contribution < -0.4 is 11.5 Å². The summed E-state index contributed by atoms with van der Waals surface area (Å²) < 4.78 is 2.16. The van der Waals surface area contributed by atoms with Gasteiger partial charge in [0.1, 0.15) is 11.5 Å². The highest BCUT2D eigenvalue weighted by molar-refractivity contribution is 9.10. The number of nitrogen functional groups attached to an aromatic ring is 2. The van der Waals surface area contributed by atoms with Gasteiger partial charge in [-0.15, -0.1) is 5.10 Å². The van der Waals surface area contributed by atoms with Crippen LogP contribution >= 0.6 is 15.9 Å². The quantitative estimate of drug-likeness (QED) is 0.766. The Kier molecular flexibility index (Phi) is 2.27. The molecule has 0 spiro atoms. The Balaban J connectivity index is 2.63. The summed E-state index contributed by atoms with van der Waals surface area (Å²) in [7, 11) is 1.75. The molecule has 0 radical (unpaired) electrons. The first-order valence-corrected chi connectivity index (χ1v) is 4.83. The lowest BCUT2D eigenvalue weighted by molar-refractivity contribution is 0.718. The van der Waals surface area contributed by atoms with Crippen molar-refractivity contribution in [1.82, 2.24) is 25.0 Å². The van der Waals surface area contributed by atoms with Gasteiger partial charge in [0.2, 0.25) is 5.95 Å². The largest absolute Gasteiger partial charge is 0.384 e. The Bertz CT molecular complexity index is 466. The monoisotopic (exact) mass is 269 g/mol. The van der Waals surface area contributed by atoms with Crippen molar-refractivity contribution in [1.29, 1.82) is 0 Å². The van der Waals surface area contributed by atoms with Crippen LogP contribution in [0.25, 0.3) is 11.4 Å². The molecule has 0 saturated carbocycles. The van der Waals surface area contributed by atoms with Gasteiger partial charge in [-0.3, -0.25) is 0 Å². The zero-order valence-corrected chi connectivity index (χ0v) is 9.43. The first kappa shape index (κ1) is 9.84. The standard InChI is InChI=1S/C7H8BrN7/c1-15-5(6(8)13-14-15)3-2-4(9)12-7(10)11-3/h2H,1H3,(H4,9,10,11,12). The highest BCUT2D eigenvalue weighted by atomic mass is 79.9. The second-order valence-corrected chi connectivity index (χ2v) is 3.64. The molecule has 2 aromatic heterocycles. The number of rotatable bonds is 1. The molecule has 0 saturated heterocycles. The van der Waals surface area contributed by atoms with Gasteiger partial charge in [-0.1, -0.05) is 5.21 Å². The van der Waals surface area contributed by atoms with Crippen molar-refractivity contribution >= 4 is 27.7 Å². The van der Waals surface area contributed by atoms with E-state index in [4.69, 9.17) is 11.5 Å². The van der Waals surface area contributed by atoms with Crippen molar-refractivity contribution in [2.45, 2.75) is 0 Å². The van der Waals surface area contributed by atoms with Crippen molar-refractivity contribution < 1.29 is 0 Å². The van der Waals surface area contributed by atoms with Crippen LogP contribution in [-0.2, 0) is 7.05 Å². The average molecular weight is 270 g/mol. The van der Waals surface area contributed by atoms with Crippen molar-refractivity contribution in [2.75, 3.05) is 11.5 Å². The molecule has 4 N–H and O–H groups in total. The zero-order valence-electron chi connectivity index (χ0n) is 7.85. The lowest BCUT2D eigenvalue weighted by atomic mass is 10.3. The first-order valence-electron chi connectivity index (χ1n) is 4.03. The van der Waals surface area contributed by atoms with Crippen LogP contribution in [0.3, 0.4) is 0 Å². The lowest BCUT2D eigenvalue weighted by Crippen LogP contribution is -2.03. The predicted octanol–water partition coefficient (Wildman–Crippen LogP) is 0.199. The minimum atomic E-state index is 0.123. The molecule has 0 fully saturated rings. The number of hydrogen-bond acceptors (Lipinski definition) is 6. The third kappa shape index (κ3) is 1.75. The fraction of sp³-hybridized carbons (Fsp3) is 0.143. The van der Waals surface area contributed by atoms with Gasteiger partial charge in [-0.2, -0.15) is 4.98 Å². The van der Waals surface area contributed by atoms with Gasteiger partial charge >= 0.3 is 0 Å². The second kappa shape index (κ2) is 3.46. The van der Waals surface area contributed by atoms with Crippen LogP contribution in [0, 0.1) is 0 Å². The molecular formula is C7H8BrN7. The van der Waals surface area contributed by atoms with E-state index in [1.54, 1.807) is 17.8 Å². The van der Waals surface area contributed by atoms with E-state index < -0.39 is 0 Å². The van der Waals surface area contributed by atoms with E-state index in [2.05, 4.69) is 36.2 Å². The average Bonchev–Trinajstić information content (AvgIpc) is 2.44. The molecule has 0 aliphatic carbocycles. The maximum absolute atomic E-state index is 5.57. The van der Waals surface area contributed by atoms with Gasteiger partial charge < -0.3 is 11.5 Å². The van der Waals surface area contributed by atoms with E-state index in [9.17, 15) is 0 Å². The summed E-state index contributed by atoms with van der Waals surface area (Å²) in [5, 5.41) is 7.67. The summed E-state index contributed by atoms with van der Waals surface area (Å²) in [5.74, 6) is 0.434. The minimum Gasteiger partial charge on any atom is -0.384 e. The molecule has 7 nitrogen and oxygen atoms in total. The number of aryl methyl sites for hydroxylation is 1. The zero-order chi connectivity index (χ0) is 11.0. The Labute approximate surface area is 93.6 Å². The molecule has 0 aliphatic heterocycles. The number of nitrogens with zero attached hydrogens (tertiary/aromatic N) is 5. The molecule has 2 aromatic rings. The second-order valence-electron chi connectivity index (χ2n) is 2.89. The molecule has 0 aliphatic rings. The fourth-order valence-corrected chi connectivity index (χ4v) is 1.74. The predicted molar refractivity (Wildman–Crippen MR) is 58.6 cm³/mol. The number of nitrogens with two attached hydrogens (primary N) is 2. The molecule has 0 amide bonds. The summed E-state index contributed by atoms with van der Waals surface area (Å²) >= 11 is 3.27. The normalized spacial score (nSPS) is 10.5. The van der Waals surface area contributed by atoms with Crippen LogP contribution in [0.2, 0.25) is 0 Å². The van der Waals surface area contributed by atoms with Crippen molar-refractivity contribution in [3.8, 4) is 11.4 Å². The molecule has 0 unspecified atom stereocenters. The van der Waals surface area contributed by atoms with Gasteiger partial charge in [0.25, 0.3) is 0 Å². The number of halogens is 1. The highest BCUT2D eigenvalue weighted by Gasteiger charge is 2.13. The Morgan fingerprint density at radius 1 is 1.33 bits per heavy atom. The van der Waals surface area contributed by atoms with E-state index in [0.29, 0.717) is 21.8 Å². The SMILES string of the molecule is Cn1nnc(Br)c1-c1cc(N)nc(N)n1. The topological polar surface area (TPSA) is 109 Å². The van der Waals surface area contributed by atoms with E-state index in [0.717, 1.165) is 0 Å². The molecule has 0 atom stereocenters. The van der Waals surface area contributed by atoms with Gasteiger partial charge in [0.15, 0.2) is 4.60 Å². The molecule has 15 heavy (non-hydrogen) atoms. The summed E-state index contributed by atoms with van der Waals surface area (Å²) in [6, 6.07) is 1.61. The Morgan fingerprint density at radius 3 is 2.60 bits per heavy atom. The van der Waals surface area contributed by atoms with Crippen molar-refractivity contribution in [3.63, 3.8) is 0 Å². The van der Waals surface area contributed by atoms with Crippen molar-refractivity contribution in [2.24, 2.45) is 7.05 Å². The fourth-order valence-electron chi connectivity index (χ4n) is 1.21. The molecule has 8 heteroatoms. The van der Waals surface area contributed by atoms with Gasteiger partial charge in [0, 0.05) is 13.1 Å². The van der Waals surface area contributed by atoms with Gasteiger partial charge in [0.05, 0.1) is 5.69 Å². The van der Waals surface area contributed by atoms with Crippen LogP contribution in [-0.4, -0.2) is 25.0 Å². The Hall–Kier alpha value is -1.70. The van der Waals surface area contributed by atoms with E-state index in [1.807, 2.05) is 0 Å². The molecule has 0 bridgehead atoms. The minimum absolute atomic E-state index is 0.123. The third-order valence-electron chi connectivity index (χ3n) is 1.79. The lowest BCUT2D eigenvalue weighted by Gasteiger charge is -2.02. The van der Waals surface area contributed by atoms with Gasteiger partial charge in [-0.05, 0) is 15.9 Å².